The van der Waals surface area contributed by atoms with Crippen molar-refractivity contribution in [2.45, 2.75) is 13.1 Å². The minimum Gasteiger partial charge on any atom is -0.478 e. The molecule has 0 aromatic heterocycles. The molecule has 0 aliphatic heterocycles. The van der Waals surface area contributed by atoms with Crippen molar-refractivity contribution < 1.29 is 27.9 Å². The van der Waals surface area contributed by atoms with Gasteiger partial charge in [-0.05, 0) is 48.9 Å². The van der Waals surface area contributed by atoms with Crippen LogP contribution in [0.2, 0.25) is 5.02 Å². The Balaban J connectivity index is 2.18. The summed E-state index contributed by atoms with van der Waals surface area (Å²) in [7, 11) is 0. The predicted molar refractivity (Wildman–Crippen MR) is 92.1 cm³/mol. The van der Waals surface area contributed by atoms with Crippen LogP contribution in [0.3, 0.4) is 0 Å². The van der Waals surface area contributed by atoms with Gasteiger partial charge in [-0.25, -0.2) is 4.79 Å². The first kappa shape index (κ1) is 19.5. The summed E-state index contributed by atoms with van der Waals surface area (Å²) in [5.74, 6) is -1.73. The van der Waals surface area contributed by atoms with E-state index in [4.69, 9.17) is 16.7 Å². The third kappa shape index (κ3) is 4.86. The fraction of sp³-hybridized carbons (Fsp3) is 0.111. The second-order valence-electron chi connectivity index (χ2n) is 5.40. The highest BCUT2D eigenvalue weighted by atomic mass is 35.5. The van der Waals surface area contributed by atoms with E-state index in [1.54, 1.807) is 0 Å². The summed E-state index contributed by atoms with van der Waals surface area (Å²) in [6.45, 7) is 1.47. The Hall–Kier alpha value is -2.80. The first-order valence-corrected chi connectivity index (χ1v) is 7.65. The van der Waals surface area contributed by atoms with Gasteiger partial charge in [0.25, 0.3) is 5.91 Å². The molecule has 0 spiro atoms. The van der Waals surface area contributed by atoms with E-state index in [0.29, 0.717) is 5.56 Å². The van der Waals surface area contributed by atoms with E-state index in [2.05, 4.69) is 5.32 Å². The van der Waals surface area contributed by atoms with Crippen LogP contribution in [0, 0.1) is 0 Å². The van der Waals surface area contributed by atoms with Gasteiger partial charge in [0.1, 0.15) is 0 Å². The number of nitrogens with one attached hydrogen (secondary N) is 1. The molecule has 8 heteroatoms. The van der Waals surface area contributed by atoms with Crippen LogP contribution in [-0.2, 0) is 11.0 Å². The van der Waals surface area contributed by atoms with Gasteiger partial charge in [-0.2, -0.15) is 13.2 Å². The zero-order valence-electron chi connectivity index (χ0n) is 13.4. The quantitative estimate of drug-likeness (QED) is 0.722. The van der Waals surface area contributed by atoms with Crippen molar-refractivity contribution >= 4 is 35.2 Å². The standard InChI is InChI=1S/C18H13ClF3NO3/c1-10(8-11-2-5-13(6-3-11)18(20,21)22)16(24)23-15-9-12(17(25)26)4-7-14(15)19/h2-9H,1H3,(H,23,24)(H,25,26)/b10-8+. The zero-order chi connectivity index (χ0) is 19.5. The highest BCUT2D eigenvalue weighted by molar-refractivity contribution is 6.34. The lowest BCUT2D eigenvalue weighted by Gasteiger charge is -2.09. The Morgan fingerprint density at radius 1 is 1.12 bits per heavy atom. The first-order valence-electron chi connectivity index (χ1n) is 7.27. The van der Waals surface area contributed by atoms with E-state index in [1.165, 1.54) is 43.3 Å². The molecule has 0 aliphatic rings. The number of rotatable bonds is 4. The maximum Gasteiger partial charge on any atom is 0.416 e. The van der Waals surface area contributed by atoms with E-state index >= 15 is 0 Å². The van der Waals surface area contributed by atoms with Crippen molar-refractivity contribution in [1.29, 1.82) is 0 Å². The molecule has 0 radical (unpaired) electrons. The van der Waals surface area contributed by atoms with Gasteiger partial charge in [0, 0.05) is 5.57 Å². The summed E-state index contributed by atoms with van der Waals surface area (Å²) < 4.78 is 37.6. The number of carboxylic acid groups (broad SMARTS) is 1. The Morgan fingerprint density at radius 3 is 2.27 bits per heavy atom. The summed E-state index contributed by atoms with van der Waals surface area (Å²) in [5, 5.41) is 11.6. The lowest BCUT2D eigenvalue weighted by Crippen LogP contribution is -2.13. The molecule has 136 valence electrons. The van der Waals surface area contributed by atoms with Gasteiger partial charge in [0.05, 0.1) is 21.8 Å². The van der Waals surface area contributed by atoms with Gasteiger partial charge in [-0.1, -0.05) is 23.7 Å². The molecule has 0 heterocycles. The van der Waals surface area contributed by atoms with E-state index in [9.17, 15) is 22.8 Å². The fourth-order valence-electron chi connectivity index (χ4n) is 2.06. The van der Waals surface area contributed by atoms with Crippen molar-refractivity contribution in [1.82, 2.24) is 0 Å². The van der Waals surface area contributed by atoms with Crippen LogP contribution < -0.4 is 5.32 Å². The van der Waals surface area contributed by atoms with Crippen LogP contribution >= 0.6 is 11.6 Å². The molecule has 0 unspecified atom stereocenters. The second kappa shape index (κ2) is 7.61. The minimum absolute atomic E-state index is 0.0472. The molecule has 2 N–H and O–H groups in total. The third-order valence-corrected chi connectivity index (χ3v) is 3.77. The average molecular weight is 384 g/mol. The Kier molecular flexibility index (Phi) is 5.72. The van der Waals surface area contributed by atoms with Crippen molar-refractivity contribution in [3.8, 4) is 0 Å². The van der Waals surface area contributed by atoms with Crippen LogP contribution in [0.4, 0.5) is 18.9 Å². The van der Waals surface area contributed by atoms with E-state index < -0.39 is 23.6 Å². The van der Waals surface area contributed by atoms with Gasteiger partial charge in [0.2, 0.25) is 0 Å². The number of carbonyl (C=O) groups is 2. The molecule has 0 saturated carbocycles. The van der Waals surface area contributed by atoms with Crippen LogP contribution in [-0.4, -0.2) is 17.0 Å². The molecule has 0 fully saturated rings. The van der Waals surface area contributed by atoms with Crippen molar-refractivity contribution in [3.05, 3.63) is 69.8 Å². The highest BCUT2D eigenvalue weighted by Crippen LogP contribution is 2.29. The number of anilines is 1. The molecular formula is C18H13ClF3NO3. The first-order chi connectivity index (χ1) is 12.1. The van der Waals surface area contributed by atoms with Gasteiger partial charge >= 0.3 is 12.1 Å². The fourth-order valence-corrected chi connectivity index (χ4v) is 2.22. The zero-order valence-corrected chi connectivity index (χ0v) is 14.2. The summed E-state index contributed by atoms with van der Waals surface area (Å²) in [6, 6.07) is 8.19. The number of carboxylic acids is 1. The van der Waals surface area contributed by atoms with Crippen molar-refractivity contribution in [2.24, 2.45) is 0 Å². The van der Waals surface area contributed by atoms with Gasteiger partial charge in [0.15, 0.2) is 0 Å². The summed E-state index contributed by atoms with van der Waals surface area (Å²) >= 11 is 5.94. The number of amides is 1. The predicted octanol–water partition coefficient (Wildman–Crippen LogP) is 5.10. The molecule has 0 bridgehead atoms. The molecule has 0 atom stereocenters. The van der Waals surface area contributed by atoms with Crippen molar-refractivity contribution in [3.63, 3.8) is 0 Å². The number of benzene rings is 2. The Morgan fingerprint density at radius 2 is 1.73 bits per heavy atom. The third-order valence-electron chi connectivity index (χ3n) is 3.44. The molecule has 0 aliphatic carbocycles. The summed E-state index contributed by atoms with van der Waals surface area (Å²) in [6.07, 6.45) is -3.02. The van der Waals surface area contributed by atoms with Gasteiger partial charge in [-0.15, -0.1) is 0 Å². The lowest BCUT2D eigenvalue weighted by molar-refractivity contribution is -0.137. The van der Waals surface area contributed by atoms with Crippen LogP contribution in [0.25, 0.3) is 6.08 Å². The van der Waals surface area contributed by atoms with Gasteiger partial charge in [-0.3, -0.25) is 4.79 Å². The second-order valence-corrected chi connectivity index (χ2v) is 5.81. The van der Waals surface area contributed by atoms with E-state index in [-0.39, 0.29) is 21.8 Å². The summed E-state index contributed by atoms with van der Waals surface area (Å²) in [4.78, 5) is 23.2. The Labute approximate surface area is 151 Å². The number of aromatic carboxylic acids is 1. The average Bonchev–Trinajstić information content (AvgIpc) is 2.56. The van der Waals surface area contributed by atoms with E-state index in [0.717, 1.165) is 12.1 Å². The van der Waals surface area contributed by atoms with Crippen LogP contribution in [0.15, 0.2) is 48.0 Å². The van der Waals surface area contributed by atoms with Crippen LogP contribution in [0.1, 0.15) is 28.4 Å². The van der Waals surface area contributed by atoms with Gasteiger partial charge < -0.3 is 10.4 Å². The maximum absolute atomic E-state index is 12.5. The number of alkyl halides is 3. The molecule has 0 saturated heterocycles. The lowest BCUT2D eigenvalue weighted by atomic mass is 10.1. The number of hydrogen-bond donors (Lipinski definition) is 2. The molecule has 4 nitrogen and oxygen atoms in total. The Bertz CT molecular complexity index is 874. The number of halogens is 4. The SMILES string of the molecule is C/C(=C\c1ccc(C(F)(F)F)cc1)C(=O)Nc1cc(C(=O)O)ccc1Cl. The minimum atomic E-state index is -4.43. The largest absolute Gasteiger partial charge is 0.478 e. The molecule has 2 aromatic carbocycles. The topological polar surface area (TPSA) is 66.4 Å². The van der Waals surface area contributed by atoms with E-state index in [1.807, 2.05) is 0 Å². The smallest absolute Gasteiger partial charge is 0.416 e. The van der Waals surface area contributed by atoms with Crippen LogP contribution in [0.5, 0.6) is 0 Å². The molecule has 1 amide bonds. The number of hydrogen-bond acceptors (Lipinski definition) is 2. The molecular weight excluding hydrogens is 371 g/mol. The normalized spacial score (nSPS) is 12.0. The molecule has 26 heavy (non-hydrogen) atoms. The highest BCUT2D eigenvalue weighted by Gasteiger charge is 2.29. The molecule has 2 aromatic rings. The molecule has 2 rings (SSSR count). The van der Waals surface area contributed by atoms with Crippen molar-refractivity contribution in [2.75, 3.05) is 5.32 Å². The maximum atomic E-state index is 12.5. The summed E-state index contributed by atoms with van der Waals surface area (Å²) in [5.41, 5.74) is -0.0857. The number of carbonyl (C=O) groups excluding carboxylic acids is 1. The monoisotopic (exact) mass is 383 g/mol.